The molecule has 9 aromatic carbocycles. The zero-order valence-electron chi connectivity index (χ0n) is 48.2. The predicted octanol–water partition coefficient (Wildman–Crippen LogP) is 14.4. The minimum Gasteiger partial charge on any atom is -0.310 e. The van der Waals surface area contributed by atoms with Crippen LogP contribution in [-0.4, -0.2) is 13.7 Å². The van der Waals surface area contributed by atoms with Gasteiger partial charge in [-0.25, -0.2) is 0 Å². The van der Waals surface area contributed by atoms with E-state index in [1.807, 2.05) is 41.3 Å². The van der Waals surface area contributed by atoms with E-state index in [9.17, 15) is 0 Å². The molecule has 0 radical (unpaired) electrons. The van der Waals surface area contributed by atoms with E-state index >= 15 is 0 Å². The van der Waals surface area contributed by atoms with Crippen LogP contribution in [-0.2, 0) is 0 Å². The van der Waals surface area contributed by atoms with Crippen molar-refractivity contribution in [3.8, 4) is 17.1 Å². The van der Waals surface area contributed by atoms with Crippen LogP contribution in [0.15, 0.2) is 218 Å². The molecule has 0 saturated heterocycles. The molecule has 3 aromatic heterocycles. The van der Waals surface area contributed by atoms with Crippen LogP contribution in [0.5, 0.6) is 0 Å². The second-order valence-electron chi connectivity index (χ2n) is 13.7. The fourth-order valence-electron chi connectivity index (χ4n) is 8.16. The third-order valence-corrected chi connectivity index (χ3v) is 10.6. The lowest BCUT2D eigenvalue weighted by atomic mass is 10.1. The zero-order chi connectivity index (χ0) is 53.8. The van der Waals surface area contributed by atoms with Gasteiger partial charge in [0.15, 0.2) is 0 Å². The lowest BCUT2D eigenvalue weighted by Crippen LogP contribution is -2.10. The summed E-state index contributed by atoms with van der Waals surface area (Å²) in [5.74, 6) is 0. The lowest BCUT2D eigenvalue weighted by Gasteiger charge is -2.26. The van der Waals surface area contributed by atoms with Crippen molar-refractivity contribution < 1.29 is 24.7 Å². The van der Waals surface area contributed by atoms with Gasteiger partial charge in [0.05, 0.1) is 57.8 Å². The molecule has 12 rings (SSSR count). The van der Waals surface area contributed by atoms with E-state index in [2.05, 4.69) is 0 Å². The third-order valence-electron chi connectivity index (χ3n) is 10.6. The van der Waals surface area contributed by atoms with Crippen molar-refractivity contribution in [2.75, 3.05) is 4.90 Å². The molecule has 0 bridgehead atoms. The molecule has 272 valence electrons. The minimum atomic E-state index is -0.339. The molecule has 0 unspecified atom stereocenters. The molecule has 0 atom stereocenters. The first-order valence-corrected chi connectivity index (χ1v) is 18.4. The van der Waals surface area contributed by atoms with Crippen LogP contribution < -0.4 is 4.90 Å². The first-order valence-electron chi connectivity index (χ1n) is 27.4. The van der Waals surface area contributed by atoms with Gasteiger partial charge >= 0.3 is 0 Å². The van der Waals surface area contributed by atoms with Crippen LogP contribution in [0.3, 0.4) is 0 Å². The smallest absolute Gasteiger partial charge is 0.0630 e. The third kappa shape index (κ3) is 4.88. The fraction of sp³-hybridized carbons (Fsp3) is 0. The Balaban J connectivity index is 1.05. The standard InChI is InChI=1S/C54H36N4/c1-7-19-49-43(13-1)44-14-2-8-20-50(44)56(49)40-31-25-37(26-32-40)55(38-27-33-41(34-28-38)57-51-21-9-3-15-45(51)46-16-4-10-22-52(46)57)39-29-35-42(36-30-39)58-53-23-11-5-17-47(53)48-18-6-12-24-54(48)58/h1-36H/i1D,2D,3D,4D,5D,6D,7D,8D,9D,10D,11D,12D,13D,14D,15D,16D,17D,18D. The largest absolute Gasteiger partial charge is 0.310 e. The molecule has 0 saturated carbocycles. The van der Waals surface area contributed by atoms with Crippen LogP contribution in [0.1, 0.15) is 24.7 Å². The van der Waals surface area contributed by atoms with Gasteiger partial charge in [0, 0.05) is 66.4 Å². The van der Waals surface area contributed by atoms with Gasteiger partial charge in [0.1, 0.15) is 0 Å². The number of benzene rings is 9. The van der Waals surface area contributed by atoms with Gasteiger partial charge in [-0.2, -0.15) is 0 Å². The number of hydrogen-bond acceptors (Lipinski definition) is 1. The maximum atomic E-state index is 8.86. The highest BCUT2D eigenvalue weighted by Crippen LogP contribution is 2.40. The van der Waals surface area contributed by atoms with Crippen LogP contribution in [0.25, 0.3) is 82.5 Å². The maximum Gasteiger partial charge on any atom is 0.0630 e. The quantitative estimate of drug-likeness (QED) is 0.165. The van der Waals surface area contributed by atoms with Crippen molar-refractivity contribution in [2.45, 2.75) is 0 Å². The highest BCUT2D eigenvalue weighted by molar-refractivity contribution is 6.11. The average molecular weight is 759 g/mol. The van der Waals surface area contributed by atoms with E-state index in [1.54, 1.807) is 50.1 Å². The summed E-state index contributed by atoms with van der Waals surface area (Å²) in [6.07, 6.45) is 0. The van der Waals surface area contributed by atoms with Crippen molar-refractivity contribution in [3.63, 3.8) is 0 Å². The van der Waals surface area contributed by atoms with Crippen LogP contribution in [0.4, 0.5) is 17.1 Å². The molecule has 0 aliphatic carbocycles. The Morgan fingerprint density at radius 2 is 0.466 bits per heavy atom. The second-order valence-corrected chi connectivity index (χ2v) is 13.7. The summed E-state index contributed by atoms with van der Waals surface area (Å²) in [7, 11) is 0. The van der Waals surface area contributed by atoms with E-state index < -0.39 is 0 Å². The van der Waals surface area contributed by atoms with E-state index in [0.717, 1.165) is 0 Å². The Morgan fingerprint density at radius 3 is 0.672 bits per heavy atom. The van der Waals surface area contributed by atoms with Gasteiger partial charge < -0.3 is 18.6 Å². The fourth-order valence-corrected chi connectivity index (χ4v) is 8.16. The van der Waals surface area contributed by atoms with E-state index in [0.29, 0.717) is 67.2 Å². The van der Waals surface area contributed by atoms with Crippen LogP contribution in [0.2, 0.25) is 0 Å². The number of rotatable bonds is 6. The Labute approximate surface area is 360 Å². The predicted molar refractivity (Wildman–Crippen MR) is 244 cm³/mol. The monoisotopic (exact) mass is 758 g/mol. The van der Waals surface area contributed by atoms with Crippen molar-refractivity contribution in [2.24, 2.45) is 0 Å². The molecule has 12 aromatic rings. The van der Waals surface area contributed by atoms with E-state index in [4.69, 9.17) is 24.7 Å². The number of aromatic nitrogens is 3. The normalized spacial score (nSPS) is 16.1. The molecule has 4 nitrogen and oxygen atoms in total. The Kier molecular flexibility index (Phi) is 4.30. The summed E-state index contributed by atoms with van der Waals surface area (Å²) < 4.78 is 160. The summed E-state index contributed by atoms with van der Waals surface area (Å²) in [6, 6.07) is 25.3. The Hall–Kier alpha value is -7.82. The summed E-state index contributed by atoms with van der Waals surface area (Å²) >= 11 is 0. The summed E-state index contributed by atoms with van der Waals surface area (Å²) in [6.45, 7) is 0. The minimum absolute atomic E-state index is 0.207. The van der Waals surface area contributed by atoms with Crippen LogP contribution in [0, 0.1) is 0 Å². The van der Waals surface area contributed by atoms with Gasteiger partial charge in [-0.15, -0.1) is 0 Å². The van der Waals surface area contributed by atoms with Crippen molar-refractivity contribution in [1.82, 2.24) is 13.7 Å². The maximum absolute atomic E-state index is 8.86. The molecule has 0 fully saturated rings. The highest BCUT2D eigenvalue weighted by atomic mass is 15.1. The number of fused-ring (bicyclic) bond motifs is 9. The molecule has 0 N–H and O–H groups in total. The van der Waals surface area contributed by atoms with Crippen molar-refractivity contribution in [3.05, 3.63) is 218 Å². The molecule has 3 heterocycles. The zero-order valence-corrected chi connectivity index (χ0v) is 30.2. The molecular weight excluding hydrogens is 705 g/mol. The Morgan fingerprint density at radius 1 is 0.259 bits per heavy atom. The summed E-state index contributed by atoms with van der Waals surface area (Å²) in [5, 5.41) is 1.24. The van der Waals surface area contributed by atoms with Crippen molar-refractivity contribution in [1.29, 1.82) is 0 Å². The number of nitrogens with zero attached hydrogens (tertiary/aromatic N) is 4. The molecule has 0 aliphatic rings. The first kappa shape index (κ1) is 19.4. The van der Waals surface area contributed by atoms with Gasteiger partial charge in [0.2, 0.25) is 0 Å². The highest BCUT2D eigenvalue weighted by Gasteiger charge is 2.18. The molecule has 0 aliphatic heterocycles. The molecule has 0 spiro atoms. The van der Waals surface area contributed by atoms with Crippen molar-refractivity contribution >= 4 is 82.5 Å². The van der Waals surface area contributed by atoms with Gasteiger partial charge in [0.25, 0.3) is 0 Å². The molecule has 4 heteroatoms. The second kappa shape index (κ2) is 12.9. The SMILES string of the molecule is [2H]c1cc2c(c([2H])c1[2H])c1c([2H])c([2H])c([2H])cc1n2-c1ccc(N(c2ccc(-n3c4cc([2H])c([2H])c([2H])c4c4c([2H])c([2H])c([2H])cc43)cc2)c2ccc(-n3c4cc([2H])c([2H])c([2H])c4c4c([2H])c([2H])c([2H])cc43)cc2)cc1. The van der Waals surface area contributed by atoms with E-state index in [1.165, 1.54) is 36.4 Å². The van der Waals surface area contributed by atoms with Gasteiger partial charge in [-0.3, -0.25) is 0 Å². The summed E-state index contributed by atoms with van der Waals surface area (Å²) in [4.78, 5) is 1.92. The van der Waals surface area contributed by atoms with Gasteiger partial charge in [-0.1, -0.05) is 109 Å². The van der Waals surface area contributed by atoms with E-state index in [-0.39, 0.29) is 141 Å². The lowest BCUT2D eigenvalue weighted by molar-refractivity contribution is 1.16. The van der Waals surface area contributed by atoms with Gasteiger partial charge in [-0.05, 0) is 109 Å². The molecule has 0 amide bonds. The Bertz CT molecular complexity index is 3870. The molecular formula is C54H36N4. The average Bonchev–Trinajstić information content (AvgIpc) is 4.10. The van der Waals surface area contributed by atoms with Crippen LogP contribution >= 0.6 is 0 Å². The number of hydrogen-bond donors (Lipinski definition) is 0. The number of anilines is 3. The first-order chi connectivity index (χ1) is 36.2. The summed E-state index contributed by atoms with van der Waals surface area (Å²) in [5.41, 5.74) is 5.44. The topological polar surface area (TPSA) is 18.0 Å². The number of para-hydroxylation sites is 6. The molecule has 58 heavy (non-hydrogen) atoms.